The van der Waals surface area contributed by atoms with Gasteiger partial charge in [-0.25, -0.2) is 4.39 Å². The smallest absolute Gasteiger partial charge is 0.146 e. The van der Waals surface area contributed by atoms with Crippen LogP contribution in [0.1, 0.15) is 12.8 Å². The molecular formula is C17H18ClFN2. The summed E-state index contributed by atoms with van der Waals surface area (Å²) in [7, 11) is 0. The predicted octanol–water partition coefficient (Wildman–Crippen LogP) is 4.56. The summed E-state index contributed by atoms with van der Waals surface area (Å²) in [6.45, 7) is 1.95. The zero-order chi connectivity index (χ0) is 14.7. The Morgan fingerprint density at radius 1 is 1.05 bits per heavy atom. The van der Waals surface area contributed by atoms with E-state index in [4.69, 9.17) is 11.6 Å². The summed E-state index contributed by atoms with van der Waals surface area (Å²) < 4.78 is 13.7. The SMILES string of the molecule is Fc1ccc(Cl)cc1NC1CCN(c2ccccc2)CC1. The lowest BCUT2D eigenvalue weighted by molar-refractivity contribution is 0.522. The first-order valence-electron chi connectivity index (χ1n) is 7.24. The van der Waals surface area contributed by atoms with Crippen LogP contribution in [-0.4, -0.2) is 19.1 Å². The van der Waals surface area contributed by atoms with Gasteiger partial charge in [0.05, 0.1) is 5.69 Å². The van der Waals surface area contributed by atoms with Crippen LogP contribution in [-0.2, 0) is 0 Å². The maximum absolute atomic E-state index is 13.7. The average molecular weight is 305 g/mol. The van der Waals surface area contributed by atoms with Crippen molar-refractivity contribution in [1.82, 2.24) is 0 Å². The molecule has 0 atom stereocenters. The number of hydrogen-bond donors (Lipinski definition) is 1. The number of benzene rings is 2. The van der Waals surface area contributed by atoms with Gasteiger partial charge in [0.15, 0.2) is 0 Å². The van der Waals surface area contributed by atoms with E-state index in [-0.39, 0.29) is 11.9 Å². The molecule has 1 aliphatic heterocycles. The van der Waals surface area contributed by atoms with Gasteiger partial charge in [-0.05, 0) is 43.2 Å². The Balaban J connectivity index is 1.60. The molecule has 1 N–H and O–H groups in total. The minimum absolute atomic E-state index is 0.245. The van der Waals surface area contributed by atoms with E-state index in [1.54, 1.807) is 12.1 Å². The van der Waals surface area contributed by atoms with Gasteiger partial charge < -0.3 is 10.2 Å². The molecule has 0 radical (unpaired) electrons. The lowest BCUT2D eigenvalue weighted by Crippen LogP contribution is -2.39. The molecule has 4 heteroatoms. The van der Waals surface area contributed by atoms with Gasteiger partial charge >= 0.3 is 0 Å². The topological polar surface area (TPSA) is 15.3 Å². The average Bonchev–Trinajstić information content (AvgIpc) is 2.53. The summed E-state index contributed by atoms with van der Waals surface area (Å²) >= 11 is 5.92. The Kier molecular flexibility index (Phi) is 4.30. The van der Waals surface area contributed by atoms with E-state index in [9.17, 15) is 4.39 Å². The fourth-order valence-corrected chi connectivity index (χ4v) is 2.92. The van der Waals surface area contributed by atoms with Gasteiger partial charge in [0.25, 0.3) is 0 Å². The standard InChI is InChI=1S/C17H18ClFN2/c18-13-6-7-16(19)17(12-13)20-14-8-10-21(11-9-14)15-4-2-1-3-5-15/h1-7,12,14,20H,8-11H2. The van der Waals surface area contributed by atoms with Gasteiger partial charge in [0.1, 0.15) is 5.82 Å². The Hall–Kier alpha value is -1.74. The van der Waals surface area contributed by atoms with Crippen molar-refractivity contribution >= 4 is 23.0 Å². The molecule has 0 aromatic heterocycles. The van der Waals surface area contributed by atoms with Crippen LogP contribution in [0.2, 0.25) is 5.02 Å². The number of rotatable bonds is 3. The highest BCUT2D eigenvalue weighted by Crippen LogP contribution is 2.24. The molecule has 110 valence electrons. The minimum atomic E-state index is -0.245. The van der Waals surface area contributed by atoms with Crippen LogP contribution >= 0.6 is 11.6 Å². The highest BCUT2D eigenvalue weighted by molar-refractivity contribution is 6.30. The van der Waals surface area contributed by atoms with Crippen molar-refractivity contribution in [3.05, 3.63) is 59.4 Å². The Bertz CT molecular complexity index is 595. The third kappa shape index (κ3) is 3.48. The van der Waals surface area contributed by atoms with Gasteiger partial charge in [-0.3, -0.25) is 0 Å². The van der Waals surface area contributed by atoms with Crippen LogP contribution in [0.3, 0.4) is 0 Å². The van der Waals surface area contributed by atoms with Gasteiger partial charge in [-0.2, -0.15) is 0 Å². The molecule has 0 aliphatic carbocycles. The van der Waals surface area contributed by atoms with E-state index in [1.807, 2.05) is 6.07 Å². The number of hydrogen-bond acceptors (Lipinski definition) is 2. The first-order valence-corrected chi connectivity index (χ1v) is 7.62. The molecule has 1 fully saturated rings. The van der Waals surface area contributed by atoms with Crippen molar-refractivity contribution in [2.24, 2.45) is 0 Å². The van der Waals surface area contributed by atoms with Crippen LogP contribution in [0.25, 0.3) is 0 Å². The van der Waals surface area contributed by atoms with Gasteiger partial charge in [-0.15, -0.1) is 0 Å². The molecule has 1 heterocycles. The second-order valence-electron chi connectivity index (χ2n) is 5.37. The number of anilines is 2. The monoisotopic (exact) mass is 304 g/mol. The van der Waals surface area contributed by atoms with Crippen LogP contribution in [0.5, 0.6) is 0 Å². The van der Waals surface area contributed by atoms with Gasteiger partial charge in [0, 0.05) is 29.8 Å². The van der Waals surface area contributed by atoms with Crippen molar-refractivity contribution in [1.29, 1.82) is 0 Å². The second kappa shape index (κ2) is 6.35. The molecule has 2 aromatic carbocycles. The van der Waals surface area contributed by atoms with Crippen molar-refractivity contribution in [2.45, 2.75) is 18.9 Å². The van der Waals surface area contributed by atoms with Crippen molar-refractivity contribution in [3.8, 4) is 0 Å². The summed E-state index contributed by atoms with van der Waals surface area (Å²) in [5.74, 6) is -0.245. The Morgan fingerprint density at radius 2 is 1.76 bits per heavy atom. The number of piperidine rings is 1. The maximum atomic E-state index is 13.7. The fraction of sp³-hybridized carbons (Fsp3) is 0.294. The van der Waals surface area contributed by atoms with E-state index in [0.29, 0.717) is 10.7 Å². The summed E-state index contributed by atoms with van der Waals surface area (Å²) in [6.07, 6.45) is 1.97. The lowest BCUT2D eigenvalue weighted by atomic mass is 10.0. The maximum Gasteiger partial charge on any atom is 0.146 e. The first-order chi connectivity index (χ1) is 10.2. The zero-order valence-corrected chi connectivity index (χ0v) is 12.5. The molecule has 2 aromatic rings. The van der Waals surface area contributed by atoms with Crippen LogP contribution < -0.4 is 10.2 Å². The highest BCUT2D eigenvalue weighted by Gasteiger charge is 2.20. The Labute approximate surface area is 129 Å². The molecule has 0 saturated carbocycles. The molecular weight excluding hydrogens is 287 g/mol. The number of para-hydroxylation sites is 1. The molecule has 0 unspecified atom stereocenters. The minimum Gasteiger partial charge on any atom is -0.380 e. The number of halogens is 2. The summed E-state index contributed by atoms with van der Waals surface area (Å²) in [6, 6.07) is 15.3. The molecule has 2 nitrogen and oxygen atoms in total. The van der Waals surface area contributed by atoms with E-state index < -0.39 is 0 Å². The molecule has 0 bridgehead atoms. The first kappa shape index (κ1) is 14.2. The highest BCUT2D eigenvalue weighted by atomic mass is 35.5. The number of nitrogens with zero attached hydrogens (tertiary/aromatic N) is 1. The van der Waals surface area contributed by atoms with E-state index in [1.165, 1.54) is 11.8 Å². The Morgan fingerprint density at radius 3 is 2.48 bits per heavy atom. The van der Waals surface area contributed by atoms with Gasteiger partial charge in [-0.1, -0.05) is 29.8 Å². The van der Waals surface area contributed by atoms with Crippen LogP contribution in [0, 0.1) is 5.82 Å². The molecule has 1 saturated heterocycles. The normalized spacial score (nSPS) is 16.0. The quantitative estimate of drug-likeness (QED) is 0.894. The molecule has 1 aliphatic rings. The molecule has 3 rings (SSSR count). The summed E-state index contributed by atoms with van der Waals surface area (Å²) in [5.41, 5.74) is 1.76. The largest absolute Gasteiger partial charge is 0.380 e. The van der Waals surface area contributed by atoms with Crippen LogP contribution in [0.15, 0.2) is 48.5 Å². The van der Waals surface area contributed by atoms with Crippen molar-refractivity contribution in [2.75, 3.05) is 23.3 Å². The molecule has 21 heavy (non-hydrogen) atoms. The molecule has 0 spiro atoms. The number of nitrogens with one attached hydrogen (secondary N) is 1. The van der Waals surface area contributed by atoms with E-state index in [2.05, 4.69) is 34.5 Å². The lowest BCUT2D eigenvalue weighted by Gasteiger charge is -2.34. The summed E-state index contributed by atoms with van der Waals surface area (Å²) in [4.78, 5) is 2.37. The predicted molar refractivity (Wildman–Crippen MR) is 86.7 cm³/mol. The third-order valence-corrected chi connectivity index (χ3v) is 4.14. The third-order valence-electron chi connectivity index (χ3n) is 3.90. The summed E-state index contributed by atoms with van der Waals surface area (Å²) in [5, 5.41) is 3.83. The van der Waals surface area contributed by atoms with Gasteiger partial charge in [0.2, 0.25) is 0 Å². The zero-order valence-electron chi connectivity index (χ0n) is 11.7. The van der Waals surface area contributed by atoms with Crippen LogP contribution in [0.4, 0.5) is 15.8 Å². The van der Waals surface area contributed by atoms with E-state index >= 15 is 0 Å². The second-order valence-corrected chi connectivity index (χ2v) is 5.80. The van der Waals surface area contributed by atoms with Crippen molar-refractivity contribution < 1.29 is 4.39 Å². The van der Waals surface area contributed by atoms with E-state index in [0.717, 1.165) is 25.9 Å². The molecule has 0 amide bonds. The fourth-order valence-electron chi connectivity index (χ4n) is 2.75. The van der Waals surface area contributed by atoms with Crippen molar-refractivity contribution in [3.63, 3.8) is 0 Å².